The van der Waals surface area contributed by atoms with Crippen LogP contribution in [0.5, 0.6) is 0 Å². The third kappa shape index (κ3) is 1.47. The Morgan fingerprint density at radius 1 is 1.33 bits per heavy atom. The second-order valence-corrected chi connectivity index (χ2v) is 5.91. The minimum atomic E-state index is -1.03. The number of anilines is 1. The van der Waals surface area contributed by atoms with Crippen molar-refractivity contribution < 1.29 is 19.4 Å². The number of aryl methyl sites for hydroxylation is 1. The quantitative estimate of drug-likeness (QED) is 0.645. The van der Waals surface area contributed by atoms with Crippen molar-refractivity contribution in [2.75, 3.05) is 11.5 Å². The lowest BCUT2D eigenvalue weighted by Crippen LogP contribution is -2.43. The van der Waals surface area contributed by atoms with Gasteiger partial charge in [-0.2, -0.15) is 0 Å². The Hall–Kier alpha value is -1.98. The van der Waals surface area contributed by atoms with Crippen LogP contribution in [0.4, 0.5) is 5.69 Å². The maximum absolute atomic E-state index is 12.7. The fourth-order valence-electron chi connectivity index (χ4n) is 3.71. The van der Waals surface area contributed by atoms with Crippen molar-refractivity contribution in [2.45, 2.75) is 18.6 Å². The first kappa shape index (κ1) is 12.7. The summed E-state index contributed by atoms with van der Waals surface area (Å²) in [5, 5.41) is 9.64. The van der Waals surface area contributed by atoms with Gasteiger partial charge in [0.1, 0.15) is 5.60 Å². The van der Waals surface area contributed by atoms with Crippen molar-refractivity contribution in [1.29, 1.82) is 0 Å². The molecule has 2 bridgehead atoms. The highest BCUT2D eigenvalue weighted by atomic mass is 16.5. The average Bonchev–Trinajstić information content (AvgIpc) is 3.10. The molecule has 3 aliphatic rings. The molecule has 1 aromatic carbocycles. The molecule has 5 heteroatoms. The molecule has 0 saturated carbocycles. The number of fused-ring (bicyclic) bond motifs is 5. The Bertz CT molecular complexity index is 683. The van der Waals surface area contributed by atoms with Crippen LogP contribution in [0.25, 0.3) is 0 Å². The number of carbonyl (C=O) groups is 2. The molecule has 0 aliphatic carbocycles. The first-order valence-corrected chi connectivity index (χ1v) is 7.00. The van der Waals surface area contributed by atoms with E-state index in [1.807, 2.05) is 25.1 Å². The summed E-state index contributed by atoms with van der Waals surface area (Å²) in [5.74, 6) is -1.66. The lowest BCUT2D eigenvalue weighted by atomic mass is 9.77. The Labute approximate surface area is 121 Å². The van der Waals surface area contributed by atoms with Crippen molar-refractivity contribution in [1.82, 2.24) is 0 Å². The van der Waals surface area contributed by atoms with E-state index < -0.39 is 23.5 Å². The van der Waals surface area contributed by atoms with Crippen LogP contribution in [-0.4, -0.2) is 35.2 Å². The van der Waals surface area contributed by atoms with Gasteiger partial charge in [0.25, 0.3) is 0 Å². The summed E-state index contributed by atoms with van der Waals surface area (Å²) in [6, 6.07) is 7.31. The van der Waals surface area contributed by atoms with Crippen LogP contribution < -0.4 is 4.90 Å². The van der Waals surface area contributed by atoms with E-state index in [9.17, 15) is 14.7 Å². The number of benzene rings is 1. The second kappa shape index (κ2) is 4.02. The van der Waals surface area contributed by atoms with E-state index in [4.69, 9.17) is 4.74 Å². The number of carbonyl (C=O) groups excluding carboxylic acids is 2. The van der Waals surface area contributed by atoms with Gasteiger partial charge in [-0.15, -0.1) is 0 Å². The van der Waals surface area contributed by atoms with Crippen molar-refractivity contribution in [2.24, 2.45) is 11.8 Å². The van der Waals surface area contributed by atoms with Gasteiger partial charge in [0, 0.05) is 0 Å². The molecule has 2 amide bonds. The summed E-state index contributed by atoms with van der Waals surface area (Å²) in [5.41, 5.74) is 0.548. The van der Waals surface area contributed by atoms with Crippen LogP contribution in [0.15, 0.2) is 36.4 Å². The van der Waals surface area contributed by atoms with E-state index in [0.717, 1.165) is 5.56 Å². The summed E-state index contributed by atoms with van der Waals surface area (Å²) in [7, 11) is 0. The van der Waals surface area contributed by atoms with Gasteiger partial charge in [-0.3, -0.25) is 9.59 Å². The standard InChI is InChI=1S/C16H15NO4/c1-9-3-2-4-10(7-9)17-14(19)12-11-5-6-16(8-18,21-11)13(12)15(17)20/h2-7,11-13,18H,8H2,1H3/t11-,12-,13-,16-/m0/s1. The van der Waals surface area contributed by atoms with Crippen LogP contribution in [0.1, 0.15) is 5.56 Å². The summed E-state index contributed by atoms with van der Waals surface area (Å²) < 4.78 is 5.70. The zero-order valence-corrected chi connectivity index (χ0v) is 11.5. The molecule has 0 unspecified atom stereocenters. The Balaban J connectivity index is 1.79. The molecule has 3 heterocycles. The van der Waals surface area contributed by atoms with Crippen LogP contribution in [0.3, 0.4) is 0 Å². The molecule has 2 saturated heterocycles. The van der Waals surface area contributed by atoms with Gasteiger partial charge in [0.2, 0.25) is 11.8 Å². The van der Waals surface area contributed by atoms with Gasteiger partial charge >= 0.3 is 0 Å². The van der Waals surface area contributed by atoms with Crippen molar-refractivity contribution >= 4 is 17.5 Å². The van der Waals surface area contributed by atoms with Crippen LogP contribution >= 0.6 is 0 Å². The number of rotatable bonds is 2. The molecule has 1 N–H and O–H groups in total. The molecular weight excluding hydrogens is 270 g/mol. The van der Waals surface area contributed by atoms with Crippen LogP contribution in [0.2, 0.25) is 0 Å². The zero-order chi connectivity index (χ0) is 14.8. The number of nitrogens with zero attached hydrogens (tertiary/aromatic N) is 1. The number of aliphatic hydroxyl groups is 1. The number of hydrogen-bond acceptors (Lipinski definition) is 4. The topological polar surface area (TPSA) is 66.8 Å². The predicted octanol–water partition coefficient (Wildman–Crippen LogP) is 0.800. The summed E-state index contributed by atoms with van der Waals surface area (Å²) in [4.78, 5) is 26.7. The summed E-state index contributed by atoms with van der Waals surface area (Å²) in [6.45, 7) is 1.63. The fourth-order valence-corrected chi connectivity index (χ4v) is 3.71. The molecule has 4 atom stereocenters. The minimum Gasteiger partial charge on any atom is -0.393 e. The third-order valence-electron chi connectivity index (χ3n) is 4.66. The summed E-state index contributed by atoms with van der Waals surface area (Å²) >= 11 is 0. The van der Waals surface area contributed by atoms with Crippen LogP contribution in [0, 0.1) is 18.8 Å². The average molecular weight is 285 g/mol. The van der Waals surface area contributed by atoms with E-state index in [2.05, 4.69) is 0 Å². The third-order valence-corrected chi connectivity index (χ3v) is 4.66. The smallest absolute Gasteiger partial charge is 0.241 e. The summed E-state index contributed by atoms with van der Waals surface area (Å²) in [6.07, 6.45) is 3.10. The minimum absolute atomic E-state index is 0.236. The first-order chi connectivity index (χ1) is 10.1. The molecule has 0 aromatic heterocycles. The highest BCUT2D eigenvalue weighted by Gasteiger charge is 2.67. The lowest BCUT2D eigenvalue weighted by Gasteiger charge is -2.26. The lowest BCUT2D eigenvalue weighted by molar-refractivity contribution is -0.128. The van der Waals surface area contributed by atoms with Crippen molar-refractivity contribution in [3.8, 4) is 0 Å². The number of amides is 2. The zero-order valence-electron chi connectivity index (χ0n) is 11.5. The first-order valence-electron chi connectivity index (χ1n) is 7.00. The largest absolute Gasteiger partial charge is 0.393 e. The number of aliphatic hydroxyl groups excluding tert-OH is 1. The number of ether oxygens (including phenoxy) is 1. The molecule has 0 spiro atoms. The monoisotopic (exact) mass is 285 g/mol. The highest BCUT2D eigenvalue weighted by Crippen LogP contribution is 2.52. The molecule has 1 aromatic rings. The molecule has 108 valence electrons. The molecule has 0 radical (unpaired) electrons. The van der Waals surface area contributed by atoms with Gasteiger partial charge in [-0.25, -0.2) is 4.90 Å². The van der Waals surface area contributed by atoms with Gasteiger partial charge in [-0.1, -0.05) is 24.3 Å². The normalized spacial score (nSPS) is 36.7. The number of hydrogen-bond donors (Lipinski definition) is 1. The van der Waals surface area contributed by atoms with Crippen LogP contribution in [-0.2, 0) is 14.3 Å². The van der Waals surface area contributed by atoms with Gasteiger partial charge < -0.3 is 9.84 Å². The Morgan fingerprint density at radius 3 is 2.86 bits per heavy atom. The van der Waals surface area contributed by atoms with Crippen molar-refractivity contribution in [3.63, 3.8) is 0 Å². The second-order valence-electron chi connectivity index (χ2n) is 5.91. The molecule has 3 aliphatic heterocycles. The fraction of sp³-hybridized carbons (Fsp3) is 0.375. The van der Waals surface area contributed by atoms with Gasteiger partial charge in [0.05, 0.1) is 30.2 Å². The number of imide groups is 1. The maximum atomic E-state index is 12.7. The van der Waals surface area contributed by atoms with E-state index in [-0.39, 0.29) is 18.4 Å². The SMILES string of the molecule is Cc1cccc(N2C(=O)[C@H]3[C@@H]4C=C[C@@](CO)(O4)[C@@H]3C2=O)c1. The molecule has 21 heavy (non-hydrogen) atoms. The maximum Gasteiger partial charge on any atom is 0.241 e. The Kier molecular flexibility index (Phi) is 2.44. The van der Waals surface area contributed by atoms with E-state index >= 15 is 0 Å². The molecule has 2 fully saturated rings. The van der Waals surface area contributed by atoms with E-state index in [0.29, 0.717) is 5.69 Å². The Morgan fingerprint density at radius 2 is 2.14 bits per heavy atom. The van der Waals surface area contributed by atoms with E-state index in [1.165, 1.54) is 4.90 Å². The highest BCUT2D eigenvalue weighted by molar-refractivity contribution is 6.23. The van der Waals surface area contributed by atoms with Crippen molar-refractivity contribution in [3.05, 3.63) is 42.0 Å². The van der Waals surface area contributed by atoms with Gasteiger partial charge in [0.15, 0.2) is 0 Å². The molecule has 5 nitrogen and oxygen atoms in total. The van der Waals surface area contributed by atoms with E-state index in [1.54, 1.807) is 18.2 Å². The molecular formula is C16H15NO4. The molecule has 4 rings (SSSR count). The van der Waals surface area contributed by atoms with Gasteiger partial charge in [-0.05, 0) is 24.6 Å². The predicted molar refractivity (Wildman–Crippen MR) is 74.5 cm³/mol.